The zero-order valence-electron chi connectivity index (χ0n) is 18.5. The molecule has 0 spiro atoms. The maximum Gasteiger partial charge on any atom is 0.270 e. The van der Waals surface area contributed by atoms with Gasteiger partial charge < -0.3 is 19.4 Å². The van der Waals surface area contributed by atoms with Crippen molar-refractivity contribution in [3.63, 3.8) is 0 Å². The quantitative estimate of drug-likeness (QED) is 0.310. The molecule has 0 radical (unpaired) electrons. The molecule has 1 N–H and O–H groups in total. The van der Waals surface area contributed by atoms with Crippen molar-refractivity contribution in [1.82, 2.24) is 20.1 Å². The Morgan fingerprint density at radius 2 is 1.97 bits per heavy atom. The molecule has 34 heavy (non-hydrogen) atoms. The smallest absolute Gasteiger partial charge is 0.270 e. The summed E-state index contributed by atoms with van der Waals surface area (Å²) in [6.45, 7) is 4.88. The highest BCUT2D eigenvalue weighted by atomic mass is 32.1. The van der Waals surface area contributed by atoms with Gasteiger partial charge in [0.05, 0.1) is 29.9 Å². The lowest BCUT2D eigenvalue weighted by molar-refractivity contribution is -0.384. The molecule has 2 aliphatic heterocycles. The van der Waals surface area contributed by atoms with Gasteiger partial charge in [0.1, 0.15) is 17.6 Å². The van der Waals surface area contributed by atoms with Crippen molar-refractivity contribution >= 4 is 23.0 Å². The minimum absolute atomic E-state index is 0.0256. The zero-order valence-corrected chi connectivity index (χ0v) is 19.3. The van der Waals surface area contributed by atoms with Crippen LogP contribution in [0, 0.1) is 10.1 Å². The SMILES string of the molecule is O=[N+]([O-])c1cccc(-c2ccc([C@H]3[C@@H](c4ccccn4)NC(=S)N3CCN3CCOCC3)o2)c1. The van der Waals surface area contributed by atoms with Gasteiger partial charge in [-0.25, -0.2) is 0 Å². The number of morpholine rings is 1. The molecule has 5 rings (SSSR count). The van der Waals surface area contributed by atoms with Gasteiger partial charge in [-0.15, -0.1) is 0 Å². The number of nitrogens with zero attached hydrogens (tertiary/aromatic N) is 4. The fraction of sp³-hybridized carbons (Fsp3) is 0.333. The van der Waals surface area contributed by atoms with Crippen molar-refractivity contribution < 1.29 is 14.1 Å². The summed E-state index contributed by atoms with van der Waals surface area (Å²) in [6, 6.07) is 15.7. The molecular weight excluding hydrogens is 454 g/mol. The molecule has 176 valence electrons. The van der Waals surface area contributed by atoms with Crippen molar-refractivity contribution in [2.24, 2.45) is 0 Å². The molecule has 3 aromatic rings. The maximum absolute atomic E-state index is 11.2. The first-order valence-electron chi connectivity index (χ1n) is 11.2. The molecule has 2 atom stereocenters. The van der Waals surface area contributed by atoms with Gasteiger partial charge in [0, 0.05) is 50.1 Å². The number of nitro benzene ring substituents is 1. The average molecular weight is 480 g/mol. The van der Waals surface area contributed by atoms with Crippen LogP contribution < -0.4 is 5.32 Å². The summed E-state index contributed by atoms with van der Waals surface area (Å²) in [5.41, 5.74) is 1.55. The molecule has 2 aromatic heterocycles. The lowest BCUT2D eigenvalue weighted by atomic mass is 10.0. The Hall–Kier alpha value is -3.34. The van der Waals surface area contributed by atoms with Gasteiger partial charge in [-0.3, -0.25) is 20.0 Å². The van der Waals surface area contributed by atoms with Crippen molar-refractivity contribution in [2.75, 3.05) is 39.4 Å². The van der Waals surface area contributed by atoms with E-state index in [-0.39, 0.29) is 17.8 Å². The molecule has 10 heteroatoms. The molecule has 2 saturated heterocycles. The number of aromatic nitrogens is 1. The van der Waals surface area contributed by atoms with Gasteiger partial charge in [-0.1, -0.05) is 18.2 Å². The highest BCUT2D eigenvalue weighted by Crippen LogP contribution is 2.40. The van der Waals surface area contributed by atoms with E-state index < -0.39 is 4.92 Å². The molecule has 9 nitrogen and oxygen atoms in total. The summed E-state index contributed by atoms with van der Waals surface area (Å²) in [4.78, 5) is 19.9. The topological polar surface area (TPSA) is 96.9 Å². The molecule has 0 aliphatic carbocycles. The van der Waals surface area contributed by atoms with Gasteiger partial charge in [0.25, 0.3) is 5.69 Å². The summed E-state index contributed by atoms with van der Waals surface area (Å²) in [5, 5.41) is 15.3. The number of rotatable bonds is 7. The summed E-state index contributed by atoms with van der Waals surface area (Å²) >= 11 is 5.73. The number of benzene rings is 1. The molecule has 1 aromatic carbocycles. The molecule has 2 fully saturated rings. The van der Waals surface area contributed by atoms with Crippen LogP contribution in [0.2, 0.25) is 0 Å². The fourth-order valence-corrected chi connectivity index (χ4v) is 4.80. The van der Waals surface area contributed by atoms with Crippen LogP contribution in [-0.4, -0.2) is 64.2 Å². The van der Waals surface area contributed by atoms with E-state index in [0.29, 0.717) is 16.4 Å². The van der Waals surface area contributed by atoms with Crippen LogP contribution in [0.4, 0.5) is 5.69 Å². The van der Waals surface area contributed by atoms with E-state index in [1.165, 1.54) is 12.1 Å². The predicted octanol–water partition coefficient (Wildman–Crippen LogP) is 3.55. The third kappa shape index (κ3) is 4.65. The van der Waals surface area contributed by atoms with Crippen molar-refractivity contribution in [1.29, 1.82) is 0 Å². The molecule has 0 unspecified atom stereocenters. The predicted molar refractivity (Wildman–Crippen MR) is 130 cm³/mol. The van der Waals surface area contributed by atoms with E-state index in [9.17, 15) is 10.1 Å². The van der Waals surface area contributed by atoms with Crippen LogP contribution in [0.5, 0.6) is 0 Å². The summed E-state index contributed by atoms with van der Waals surface area (Å²) in [7, 11) is 0. The molecule has 0 amide bonds. The monoisotopic (exact) mass is 479 g/mol. The van der Waals surface area contributed by atoms with Gasteiger partial charge in [0.15, 0.2) is 5.11 Å². The van der Waals surface area contributed by atoms with Gasteiger partial charge >= 0.3 is 0 Å². The van der Waals surface area contributed by atoms with Crippen molar-refractivity contribution in [3.8, 4) is 11.3 Å². The lowest BCUT2D eigenvalue weighted by Gasteiger charge is -2.31. The Balaban J connectivity index is 1.45. The first kappa shape index (κ1) is 22.5. The van der Waals surface area contributed by atoms with E-state index in [0.717, 1.165) is 50.8 Å². The molecular formula is C24H25N5O4S. The van der Waals surface area contributed by atoms with Crippen LogP contribution in [0.25, 0.3) is 11.3 Å². The minimum Gasteiger partial charge on any atom is -0.459 e. The van der Waals surface area contributed by atoms with E-state index in [4.69, 9.17) is 21.4 Å². The number of non-ortho nitro benzene ring substituents is 1. The van der Waals surface area contributed by atoms with Crippen LogP contribution in [0.15, 0.2) is 65.2 Å². The zero-order chi connectivity index (χ0) is 23.5. The first-order chi connectivity index (χ1) is 16.6. The second-order valence-corrected chi connectivity index (χ2v) is 8.67. The first-order valence-corrected chi connectivity index (χ1v) is 11.6. The molecule has 2 aliphatic rings. The molecule has 0 saturated carbocycles. The van der Waals surface area contributed by atoms with Gasteiger partial charge in [-0.05, 0) is 36.5 Å². The summed E-state index contributed by atoms with van der Waals surface area (Å²) in [5.74, 6) is 1.30. The Morgan fingerprint density at radius 1 is 1.12 bits per heavy atom. The number of nitro groups is 1. The van der Waals surface area contributed by atoms with Crippen LogP contribution in [-0.2, 0) is 4.74 Å². The Bertz CT molecular complexity index is 1160. The largest absolute Gasteiger partial charge is 0.459 e. The number of furan rings is 1. The third-order valence-electron chi connectivity index (χ3n) is 6.22. The normalized spacial score (nSPS) is 20.9. The van der Waals surface area contributed by atoms with E-state index in [1.54, 1.807) is 18.3 Å². The van der Waals surface area contributed by atoms with Crippen LogP contribution >= 0.6 is 12.2 Å². The average Bonchev–Trinajstić information content (AvgIpc) is 3.48. The molecule has 4 heterocycles. The second-order valence-electron chi connectivity index (χ2n) is 8.28. The Morgan fingerprint density at radius 3 is 2.74 bits per heavy atom. The van der Waals surface area contributed by atoms with Gasteiger partial charge in [0.2, 0.25) is 0 Å². The highest BCUT2D eigenvalue weighted by molar-refractivity contribution is 7.80. The second kappa shape index (κ2) is 9.88. The number of pyridine rings is 1. The van der Waals surface area contributed by atoms with Crippen LogP contribution in [0.3, 0.4) is 0 Å². The Kier molecular flexibility index (Phi) is 6.52. The third-order valence-corrected chi connectivity index (χ3v) is 6.57. The van der Waals surface area contributed by atoms with Crippen molar-refractivity contribution in [2.45, 2.75) is 12.1 Å². The lowest BCUT2D eigenvalue weighted by Crippen LogP contribution is -2.42. The van der Waals surface area contributed by atoms with Crippen LogP contribution in [0.1, 0.15) is 23.5 Å². The van der Waals surface area contributed by atoms with E-state index >= 15 is 0 Å². The Labute approximate surface area is 202 Å². The standard InChI is InChI=1S/C24H25N5O4S/c30-29(31)18-5-3-4-17(16-18)20-7-8-21(33-20)23-22(19-6-1-2-9-25-19)26-24(34)28(23)11-10-27-12-14-32-15-13-27/h1-9,16,22-23H,10-15H2,(H,26,34)/t22-,23+/m1/s1. The van der Waals surface area contributed by atoms with E-state index in [1.807, 2.05) is 30.3 Å². The minimum atomic E-state index is -0.406. The summed E-state index contributed by atoms with van der Waals surface area (Å²) in [6.07, 6.45) is 1.77. The number of ether oxygens (including phenoxy) is 1. The number of nitrogens with one attached hydrogen (secondary N) is 1. The number of thiocarbonyl (C=S) groups is 1. The maximum atomic E-state index is 11.2. The van der Waals surface area contributed by atoms with E-state index in [2.05, 4.69) is 20.1 Å². The highest BCUT2D eigenvalue weighted by Gasteiger charge is 2.41. The summed E-state index contributed by atoms with van der Waals surface area (Å²) < 4.78 is 11.8. The van der Waals surface area contributed by atoms with Gasteiger partial charge in [-0.2, -0.15) is 0 Å². The number of hydrogen-bond donors (Lipinski definition) is 1. The number of hydrogen-bond acceptors (Lipinski definition) is 7. The fourth-order valence-electron chi connectivity index (χ4n) is 4.47. The molecule has 0 bridgehead atoms. The van der Waals surface area contributed by atoms with Crippen molar-refractivity contribution in [3.05, 3.63) is 82.4 Å².